The van der Waals surface area contributed by atoms with Crippen molar-refractivity contribution in [1.82, 2.24) is 9.88 Å². The lowest BCUT2D eigenvalue weighted by Gasteiger charge is -2.16. The van der Waals surface area contributed by atoms with E-state index in [0.29, 0.717) is 17.0 Å². The van der Waals surface area contributed by atoms with Crippen molar-refractivity contribution in [2.75, 3.05) is 0 Å². The summed E-state index contributed by atoms with van der Waals surface area (Å²) in [6.45, 7) is 7.06. The fraction of sp³-hybridized carbons (Fsp3) is 0.222. The molecule has 1 aliphatic carbocycles. The van der Waals surface area contributed by atoms with Gasteiger partial charge in [-0.2, -0.15) is 5.26 Å². The second-order valence-corrected chi connectivity index (χ2v) is 11.0. The van der Waals surface area contributed by atoms with Crippen LogP contribution in [0.25, 0.3) is 22.0 Å². The molecule has 1 saturated carbocycles. The van der Waals surface area contributed by atoms with E-state index in [2.05, 4.69) is 91.3 Å². The third kappa shape index (κ3) is 4.92. The van der Waals surface area contributed by atoms with Crippen LogP contribution in [0.5, 0.6) is 0 Å². The highest BCUT2D eigenvalue weighted by Gasteiger charge is 2.24. The average molecular weight is 524 g/mol. The first kappa shape index (κ1) is 25.6. The van der Waals surface area contributed by atoms with E-state index in [9.17, 15) is 10.1 Å². The summed E-state index contributed by atoms with van der Waals surface area (Å²) in [5.41, 5.74) is 10.6. The van der Waals surface area contributed by atoms with Crippen molar-refractivity contribution in [3.05, 3.63) is 130 Å². The molecule has 40 heavy (non-hydrogen) atoms. The van der Waals surface area contributed by atoms with Gasteiger partial charge in [-0.05, 0) is 97.2 Å². The topological polar surface area (TPSA) is 57.8 Å². The first-order chi connectivity index (χ1) is 19.4. The highest BCUT2D eigenvalue weighted by atomic mass is 16.1. The number of rotatable bonds is 7. The largest absolute Gasteiger partial charge is 0.346 e. The fourth-order valence-corrected chi connectivity index (χ4v) is 5.66. The monoisotopic (exact) mass is 523 g/mol. The molecule has 6 rings (SSSR count). The predicted octanol–water partition coefficient (Wildman–Crippen LogP) is 8.21. The van der Waals surface area contributed by atoms with Gasteiger partial charge in [0.25, 0.3) is 5.91 Å². The molecule has 0 spiro atoms. The Morgan fingerprint density at radius 3 is 2.50 bits per heavy atom. The summed E-state index contributed by atoms with van der Waals surface area (Å²) in [4.78, 5) is 13.3. The maximum Gasteiger partial charge on any atom is 0.251 e. The molecule has 1 heterocycles. The third-order valence-electron chi connectivity index (χ3n) is 8.36. The van der Waals surface area contributed by atoms with Crippen LogP contribution >= 0.6 is 0 Å². The number of fused-ring (bicyclic) bond motifs is 1. The summed E-state index contributed by atoms with van der Waals surface area (Å²) in [7, 11) is 0. The van der Waals surface area contributed by atoms with Crippen molar-refractivity contribution in [3.8, 4) is 17.2 Å². The van der Waals surface area contributed by atoms with Gasteiger partial charge in [-0.15, -0.1) is 0 Å². The molecule has 0 saturated heterocycles. The van der Waals surface area contributed by atoms with Gasteiger partial charge in [0.05, 0.1) is 17.7 Å². The van der Waals surface area contributed by atoms with Gasteiger partial charge in [0.2, 0.25) is 0 Å². The van der Waals surface area contributed by atoms with Crippen LogP contribution in [0, 0.1) is 25.2 Å². The van der Waals surface area contributed by atoms with Crippen LogP contribution in [-0.4, -0.2) is 10.5 Å². The number of amides is 1. The van der Waals surface area contributed by atoms with Gasteiger partial charge in [-0.1, -0.05) is 66.7 Å². The number of carbonyl (C=O) groups is 1. The number of aromatic nitrogens is 1. The van der Waals surface area contributed by atoms with Gasteiger partial charge in [-0.3, -0.25) is 4.79 Å². The summed E-state index contributed by atoms with van der Waals surface area (Å²) in [6, 6.07) is 33.0. The minimum absolute atomic E-state index is 0.0516. The standard InChI is InChI=1S/C36H33N3O/c1-23-25(3)39(22-26-11-13-28(14-12-26)33-10-5-4-7-32(33)21-37)35-18-17-31(20-34(23)35)36(40)38-24(2)29-8-6-9-30(19-29)27-15-16-27/h4-14,17-20,24,27H,15-16,22H2,1-3H3,(H,38,40). The highest BCUT2D eigenvalue weighted by Crippen LogP contribution is 2.40. The number of nitrogens with one attached hydrogen (secondary N) is 1. The Balaban J connectivity index is 1.22. The number of hydrogen-bond acceptors (Lipinski definition) is 2. The van der Waals surface area contributed by atoms with E-state index >= 15 is 0 Å². The van der Waals surface area contributed by atoms with E-state index in [4.69, 9.17) is 0 Å². The second kappa shape index (κ2) is 10.5. The SMILES string of the molecule is Cc1c(C)n(Cc2ccc(-c3ccccc3C#N)cc2)c2ccc(C(=O)NC(C)c3cccc(C4CC4)c3)cc12. The lowest BCUT2D eigenvalue weighted by atomic mass is 9.99. The first-order valence-corrected chi connectivity index (χ1v) is 14.0. The molecule has 1 N–H and O–H groups in total. The smallest absolute Gasteiger partial charge is 0.251 e. The van der Waals surface area contributed by atoms with Crippen LogP contribution in [0.1, 0.15) is 75.6 Å². The molecular formula is C36H33N3O. The van der Waals surface area contributed by atoms with Crippen LogP contribution in [0.2, 0.25) is 0 Å². The van der Waals surface area contributed by atoms with Crippen molar-refractivity contribution >= 4 is 16.8 Å². The Morgan fingerprint density at radius 2 is 1.75 bits per heavy atom. The molecule has 1 aromatic heterocycles. The number of nitrogens with zero attached hydrogens (tertiary/aromatic N) is 2. The van der Waals surface area contributed by atoms with Gasteiger partial charge >= 0.3 is 0 Å². The minimum atomic E-state index is -0.0579. The summed E-state index contributed by atoms with van der Waals surface area (Å²) >= 11 is 0. The highest BCUT2D eigenvalue weighted by molar-refractivity contribution is 5.99. The van der Waals surface area contributed by atoms with Gasteiger partial charge in [0, 0.05) is 28.7 Å². The van der Waals surface area contributed by atoms with Crippen LogP contribution in [0.4, 0.5) is 0 Å². The molecule has 198 valence electrons. The molecule has 0 bridgehead atoms. The molecular weight excluding hydrogens is 490 g/mol. The van der Waals surface area contributed by atoms with Gasteiger partial charge in [0.1, 0.15) is 0 Å². The van der Waals surface area contributed by atoms with Gasteiger partial charge in [0.15, 0.2) is 0 Å². The Labute approximate surface area is 235 Å². The van der Waals surface area contributed by atoms with Crippen molar-refractivity contribution < 1.29 is 4.79 Å². The summed E-state index contributed by atoms with van der Waals surface area (Å²) in [5, 5.41) is 13.8. The molecule has 1 fully saturated rings. The van der Waals surface area contributed by atoms with Crippen molar-refractivity contribution in [2.45, 2.75) is 52.1 Å². The van der Waals surface area contributed by atoms with E-state index in [0.717, 1.165) is 34.1 Å². The maximum absolute atomic E-state index is 13.3. The van der Waals surface area contributed by atoms with Crippen molar-refractivity contribution in [3.63, 3.8) is 0 Å². The normalized spacial score (nSPS) is 13.7. The molecule has 1 aliphatic rings. The van der Waals surface area contributed by atoms with Crippen LogP contribution in [0.15, 0.2) is 91.0 Å². The van der Waals surface area contributed by atoms with E-state index in [1.807, 2.05) is 36.4 Å². The Kier molecular flexibility index (Phi) is 6.74. The fourth-order valence-electron chi connectivity index (χ4n) is 5.66. The molecule has 4 nitrogen and oxygen atoms in total. The van der Waals surface area contributed by atoms with Gasteiger partial charge < -0.3 is 9.88 Å². The molecule has 5 aromatic rings. The van der Waals surface area contributed by atoms with E-state index in [1.54, 1.807) is 0 Å². The Morgan fingerprint density at radius 1 is 0.975 bits per heavy atom. The maximum atomic E-state index is 13.3. The number of hydrogen-bond donors (Lipinski definition) is 1. The lowest BCUT2D eigenvalue weighted by Crippen LogP contribution is -2.26. The second-order valence-electron chi connectivity index (χ2n) is 11.0. The average Bonchev–Trinajstić information content (AvgIpc) is 3.82. The third-order valence-corrected chi connectivity index (χ3v) is 8.36. The van der Waals surface area contributed by atoms with E-state index in [1.165, 1.54) is 35.2 Å². The van der Waals surface area contributed by atoms with E-state index in [-0.39, 0.29) is 11.9 Å². The van der Waals surface area contributed by atoms with E-state index < -0.39 is 0 Å². The van der Waals surface area contributed by atoms with Crippen LogP contribution in [-0.2, 0) is 6.54 Å². The number of benzene rings is 4. The molecule has 1 amide bonds. The first-order valence-electron chi connectivity index (χ1n) is 14.0. The molecule has 4 heteroatoms. The molecule has 4 aromatic carbocycles. The zero-order valence-electron chi connectivity index (χ0n) is 23.2. The molecule has 0 radical (unpaired) electrons. The molecule has 1 atom stereocenters. The van der Waals surface area contributed by atoms with Crippen molar-refractivity contribution in [2.24, 2.45) is 0 Å². The van der Waals surface area contributed by atoms with Crippen molar-refractivity contribution in [1.29, 1.82) is 5.26 Å². The minimum Gasteiger partial charge on any atom is -0.346 e. The number of carbonyl (C=O) groups excluding carboxylic acids is 1. The summed E-state index contributed by atoms with van der Waals surface area (Å²) in [5.74, 6) is 0.642. The predicted molar refractivity (Wildman–Crippen MR) is 161 cm³/mol. The molecule has 1 unspecified atom stereocenters. The zero-order chi connectivity index (χ0) is 27.8. The quantitative estimate of drug-likeness (QED) is 0.234. The van der Waals surface area contributed by atoms with Gasteiger partial charge in [-0.25, -0.2) is 0 Å². The Hall–Kier alpha value is -4.62. The van der Waals surface area contributed by atoms with Crippen LogP contribution < -0.4 is 5.32 Å². The zero-order valence-corrected chi connectivity index (χ0v) is 23.2. The summed E-state index contributed by atoms with van der Waals surface area (Å²) in [6.07, 6.45) is 2.54. The lowest BCUT2D eigenvalue weighted by molar-refractivity contribution is 0.0940. The molecule has 0 aliphatic heterocycles. The Bertz CT molecular complexity index is 1770. The number of aryl methyl sites for hydroxylation is 1. The number of nitriles is 1. The summed E-state index contributed by atoms with van der Waals surface area (Å²) < 4.78 is 2.32. The van der Waals surface area contributed by atoms with Crippen LogP contribution in [0.3, 0.4) is 0 Å².